The number of nitrogens with two attached hydrogens (primary N) is 1. The lowest BCUT2D eigenvalue weighted by Gasteiger charge is -2.25. The van der Waals surface area contributed by atoms with Crippen molar-refractivity contribution in [3.63, 3.8) is 0 Å². The molecule has 0 amide bonds. The number of nitrogens with zero attached hydrogens (tertiary/aromatic N) is 2. The van der Waals surface area contributed by atoms with Gasteiger partial charge >= 0.3 is 0 Å². The van der Waals surface area contributed by atoms with Gasteiger partial charge < -0.3 is 10.6 Å². The van der Waals surface area contributed by atoms with E-state index >= 15 is 0 Å². The fourth-order valence-electron chi connectivity index (χ4n) is 1.81. The van der Waals surface area contributed by atoms with Crippen LogP contribution in [0, 0.1) is 5.92 Å². The maximum absolute atomic E-state index is 5.60. The summed E-state index contributed by atoms with van der Waals surface area (Å²) in [7, 11) is 2.18. The minimum Gasteiger partial charge on any atom is -0.375 e. The summed E-state index contributed by atoms with van der Waals surface area (Å²) >= 11 is 1.52. The molecule has 1 atom stereocenters. The van der Waals surface area contributed by atoms with Crippen LogP contribution in [0.3, 0.4) is 0 Å². The number of rotatable bonds is 6. The van der Waals surface area contributed by atoms with Crippen LogP contribution in [0.25, 0.3) is 0 Å². The van der Waals surface area contributed by atoms with E-state index in [1.165, 1.54) is 17.8 Å². The molecule has 1 aromatic rings. The van der Waals surface area contributed by atoms with E-state index in [0.29, 0.717) is 11.2 Å². The molecule has 0 radical (unpaired) electrons. The van der Waals surface area contributed by atoms with Crippen LogP contribution in [0.4, 0.5) is 5.13 Å². The second kappa shape index (κ2) is 6.21. The van der Waals surface area contributed by atoms with Crippen LogP contribution in [-0.2, 0) is 6.42 Å². The first-order chi connectivity index (χ1) is 7.49. The topological polar surface area (TPSA) is 42.1 Å². The zero-order valence-electron chi connectivity index (χ0n) is 10.7. The van der Waals surface area contributed by atoms with Crippen molar-refractivity contribution in [2.45, 2.75) is 39.7 Å². The lowest BCUT2D eigenvalue weighted by Crippen LogP contribution is -2.32. The zero-order chi connectivity index (χ0) is 12.1. The molecule has 92 valence electrons. The Kier molecular flexibility index (Phi) is 5.22. The number of aromatic nitrogens is 1. The Morgan fingerprint density at radius 1 is 1.44 bits per heavy atom. The fraction of sp³-hybridized carbons (Fsp3) is 0.750. The molecule has 0 aliphatic carbocycles. The van der Waals surface area contributed by atoms with E-state index in [9.17, 15) is 0 Å². The van der Waals surface area contributed by atoms with Gasteiger partial charge in [0.2, 0.25) is 0 Å². The third kappa shape index (κ3) is 4.49. The van der Waals surface area contributed by atoms with Crippen molar-refractivity contribution in [3.05, 3.63) is 11.1 Å². The maximum Gasteiger partial charge on any atom is 0.180 e. The van der Waals surface area contributed by atoms with Gasteiger partial charge in [-0.05, 0) is 26.3 Å². The highest BCUT2D eigenvalue weighted by molar-refractivity contribution is 7.13. The van der Waals surface area contributed by atoms with Crippen LogP contribution in [0.1, 0.15) is 32.9 Å². The Balaban J connectivity index is 2.31. The number of likely N-dealkylation sites (N-methyl/N-ethyl adjacent to an activating group) is 1. The molecule has 0 saturated carbocycles. The minimum absolute atomic E-state index is 0.635. The quantitative estimate of drug-likeness (QED) is 0.832. The van der Waals surface area contributed by atoms with E-state index in [2.05, 4.69) is 43.1 Å². The highest BCUT2D eigenvalue weighted by Crippen LogP contribution is 2.13. The summed E-state index contributed by atoms with van der Waals surface area (Å²) in [6.45, 7) is 7.88. The molecule has 0 saturated heterocycles. The van der Waals surface area contributed by atoms with Gasteiger partial charge in [0.25, 0.3) is 0 Å². The summed E-state index contributed by atoms with van der Waals surface area (Å²) in [5, 5.41) is 2.73. The van der Waals surface area contributed by atoms with Crippen molar-refractivity contribution in [3.8, 4) is 0 Å². The molecule has 0 fully saturated rings. The second-order valence-corrected chi connectivity index (χ2v) is 5.78. The summed E-state index contributed by atoms with van der Waals surface area (Å²) < 4.78 is 0. The number of nitrogen functional groups attached to an aromatic ring is 1. The predicted octanol–water partition coefficient (Wildman–Crippen LogP) is 2.63. The molecule has 0 aliphatic heterocycles. The van der Waals surface area contributed by atoms with Crippen molar-refractivity contribution < 1.29 is 0 Å². The first-order valence-corrected chi connectivity index (χ1v) is 6.77. The van der Waals surface area contributed by atoms with Crippen molar-refractivity contribution >= 4 is 16.5 Å². The second-order valence-electron chi connectivity index (χ2n) is 4.89. The van der Waals surface area contributed by atoms with Gasteiger partial charge in [0.1, 0.15) is 0 Å². The minimum atomic E-state index is 0.635. The van der Waals surface area contributed by atoms with Crippen LogP contribution in [-0.4, -0.2) is 29.5 Å². The number of hydrogen-bond donors (Lipinski definition) is 1. The van der Waals surface area contributed by atoms with Crippen molar-refractivity contribution in [1.29, 1.82) is 0 Å². The van der Waals surface area contributed by atoms with Gasteiger partial charge in [-0.25, -0.2) is 4.98 Å². The van der Waals surface area contributed by atoms with Crippen molar-refractivity contribution in [2.24, 2.45) is 5.92 Å². The first kappa shape index (κ1) is 13.5. The Hall–Kier alpha value is -0.610. The molecule has 4 heteroatoms. The molecule has 1 rings (SSSR count). The molecule has 0 aliphatic rings. The predicted molar refractivity (Wildman–Crippen MR) is 71.8 cm³/mol. The van der Waals surface area contributed by atoms with Gasteiger partial charge in [0, 0.05) is 24.4 Å². The third-order valence-corrected chi connectivity index (χ3v) is 3.58. The van der Waals surface area contributed by atoms with E-state index < -0.39 is 0 Å². The Morgan fingerprint density at radius 3 is 2.62 bits per heavy atom. The Morgan fingerprint density at radius 2 is 2.12 bits per heavy atom. The molecule has 1 aromatic heterocycles. The molecule has 16 heavy (non-hydrogen) atoms. The van der Waals surface area contributed by atoms with Gasteiger partial charge in [0.15, 0.2) is 5.13 Å². The Bertz CT molecular complexity index is 309. The molecule has 0 spiro atoms. The summed E-state index contributed by atoms with van der Waals surface area (Å²) in [5.74, 6) is 0.757. The summed E-state index contributed by atoms with van der Waals surface area (Å²) in [5.41, 5.74) is 6.72. The van der Waals surface area contributed by atoms with Crippen LogP contribution < -0.4 is 5.73 Å². The fourth-order valence-corrected chi connectivity index (χ4v) is 2.41. The normalized spacial score (nSPS) is 13.6. The lowest BCUT2D eigenvalue weighted by molar-refractivity contribution is 0.230. The standard InChI is InChI=1S/C12H23N3S/c1-9(2)7-10(3)15(4)6-5-11-8-16-12(13)14-11/h8-10H,5-7H2,1-4H3,(H2,13,14). The van der Waals surface area contributed by atoms with Gasteiger partial charge in [-0.2, -0.15) is 0 Å². The number of anilines is 1. The molecular weight excluding hydrogens is 218 g/mol. The van der Waals surface area contributed by atoms with Crippen LogP contribution >= 0.6 is 11.3 Å². The smallest absolute Gasteiger partial charge is 0.180 e. The van der Waals surface area contributed by atoms with Crippen LogP contribution in [0.15, 0.2) is 5.38 Å². The Labute approximate surface area is 103 Å². The van der Waals surface area contributed by atoms with Crippen molar-refractivity contribution in [2.75, 3.05) is 19.3 Å². The third-order valence-electron chi connectivity index (χ3n) is 2.86. The number of hydrogen-bond acceptors (Lipinski definition) is 4. The van der Waals surface area contributed by atoms with E-state index in [1.807, 2.05) is 0 Å². The van der Waals surface area contributed by atoms with Crippen molar-refractivity contribution in [1.82, 2.24) is 9.88 Å². The van der Waals surface area contributed by atoms with E-state index in [-0.39, 0.29) is 0 Å². The molecular formula is C12H23N3S. The first-order valence-electron chi connectivity index (χ1n) is 5.89. The van der Waals surface area contributed by atoms with Crippen LogP contribution in [0.5, 0.6) is 0 Å². The average Bonchev–Trinajstić information content (AvgIpc) is 2.59. The molecule has 1 unspecified atom stereocenters. The van der Waals surface area contributed by atoms with E-state index in [4.69, 9.17) is 5.73 Å². The SMILES string of the molecule is CC(C)CC(C)N(C)CCc1csc(N)n1. The van der Waals surface area contributed by atoms with Gasteiger partial charge in [0.05, 0.1) is 5.69 Å². The molecule has 3 nitrogen and oxygen atoms in total. The van der Waals surface area contributed by atoms with Gasteiger partial charge in [-0.1, -0.05) is 13.8 Å². The average molecular weight is 241 g/mol. The van der Waals surface area contributed by atoms with E-state index in [0.717, 1.165) is 24.6 Å². The largest absolute Gasteiger partial charge is 0.375 e. The lowest BCUT2D eigenvalue weighted by atomic mass is 10.0. The molecule has 2 N–H and O–H groups in total. The zero-order valence-corrected chi connectivity index (χ0v) is 11.5. The summed E-state index contributed by atoms with van der Waals surface area (Å²) in [6.07, 6.45) is 2.24. The highest BCUT2D eigenvalue weighted by atomic mass is 32.1. The monoisotopic (exact) mass is 241 g/mol. The van der Waals surface area contributed by atoms with Crippen LogP contribution in [0.2, 0.25) is 0 Å². The molecule has 0 aromatic carbocycles. The molecule has 0 bridgehead atoms. The molecule has 1 heterocycles. The maximum atomic E-state index is 5.60. The highest BCUT2D eigenvalue weighted by Gasteiger charge is 2.11. The number of thiazole rings is 1. The van der Waals surface area contributed by atoms with Gasteiger partial charge in [-0.15, -0.1) is 11.3 Å². The summed E-state index contributed by atoms with van der Waals surface area (Å²) in [6, 6.07) is 0.635. The summed E-state index contributed by atoms with van der Waals surface area (Å²) in [4.78, 5) is 6.67. The van der Waals surface area contributed by atoms with Gasteiger partial charge in [-0.3, -0.25) is 0 Å². The van der Waals surface area contributed by atoms with E-state index in [1.54, 1.807) is 0 Å².